The SMILES string of the molecule is CCc1c(F)c(F)c(C#N)c(C(F)(F)F)c1F. The van der Waals surface area contributed by atoms with E-state index in [1.54, 1.807) is 0 Å². The molecule has 1 nitrogen and oxygen atoms in total. The topological polar surface area (TPSA) is 23.8 Å². The van der Waals surface area contributed by atoms with Crippen LogP contribution in [0.15, 0.2) is 0 Å². The Kier molecular flexibility index (Phi) is 3.36. The fourth-order valence-electron chi connectivity index (χ4n) is 1.39. The predicted molar refractivity (Wildman–Crippen MR) is 45.4 cm³/mol. The molecule has 0 spiro atoms. The van der Waals surface area contributed by atoms with Crippen molar-refractivity contribution in [3.8, 4) is 6.07 Å². The second kappa shape index (κ2) is 4.28. The summed E-state index contributed by atoms with van der Waals surface area (Å²) in [5, 5.41) is 8.35. The first-order valence-electron chi connectivity index (χ1n) is 4.42. The molecule has 0 aliphatic carbocycles. The summed E-state index contributed by atoms with van der Waals surface area (Å²) in [6.45, 7) is 1.17. The second-order valence-corrected chi connectivity index (χ2v) is 3.13. The summed E-state index contributed by atoms with van der Waals surface area (Å²) in [5.41, 5.74) is -4.74. The predicted octanol–water partition coefficient (Wildman–Crippen LogP) is 3.56. The molecule has 0 heterocycles. The van der Waals surface area contributed by atoms with Crippen LogP contribution in [0.3, 0.4) is 0 Å². The highest BCUT2D eigenvalue weighted by atomic mass is 19.4. The van der Waals surface area contributed by atoms with Gasteiger partial charge < -0.3 is 0 Å². The molecule has 0 saturated heterocycles. The van der Waals surface area contributed by atoms with Crippen LogP contribution in [-0.2, 0) is 12.6 Å². The van der Waals surface area contributed by atoms with Gasteiger partial charge in [-0.3, -0.25) is 0 Å². The van der Waals surface area contributed by atoms with Gasteiger partial charge in [-0.05, 0) is 6.42 Å². The second-order valence-electron chi connectivity index (χ2n) is 3.13. The zero-order valence-electron chi connectivity index (χ0n) is 8.42. The van der Waals surface area contributed by atoms with Crippen LogP contribution in [0.2, 0.25) is 0 Å². The van der Waals surface area contributed by atoms with Crippen molar-refractivity contribution in [2.45, 2.75) is 19.5 Å². The normalized spacial score (nSPS) is 11.4. The number of benzene rings is 1. The molecule has 0 aromatic heterocycles. The molecule has 7 heteroatoms. The van der Waals surface area contributed by atoms with E-state index in [-0.39, 0.29) is 0 Å². The minimum absolute atomic E-state index is 0.455. The Morgan fingerprint density at radius 3 is 1.94 bits per heavy atom. The highest BCUT2D eigenvalue weighted by molar-refractivity contribution is 5.45. The van der Waals surface area contributed by atoms with Crippen molar-refractivity contribution in [1.29, 1.82) is 5.26 Å². The van der Waals surface area contributed by atoms with Crippen molar-refractivity contribution in [2.75, 3.05) is 0 Å². The average Bonchev–Trinajstić information content (AvgIpc) is 2.22. The number of hydrogen-bond donors (Lipinski definition) is 0. The van der Waals surface area contributed by atoms with Gasteiger partial charge in [0.2, 0.25) is 0 Å². The summed E-state index contributed by atoms with van der Waals surface area (Å²) in [5.74, 6) is -5.66. The van der Waals surface area contributed by atoms with Gasteiger partial charge in [-0.2, -0.15) is 18.4 Å². The number of nitriles is 1. The molecule has 0 unspecified atom stereocenters. The number of hydrogen-bond acceptors (Lipinski definition) is 1. The quantitative estimate of drug-likeness (QED) is 0.554. The van der Waals surface area contributed by atoms with Crippen LogP contribution in [0.5, 0.6) is 0 Å². The lowest BCUT2D eigenvalue weighted by atomic mass is 10.00. The van der Waals surface area contributed by atoms with Gasteiger partial charge >= 0.3 is 6.18 Å². The molecule has 0 atom stereocenters. The molecular weight excluding hydrogens is 248 g/mol. The molecule has 1 rings (SSSR count). The molecule has 17 heavy (non-hydrogen) atoms. The minimum atomic E-state index is -5.26. The molecule has 0 fully saturated rings. The zero-order valence-corrected chi connectivity index (χ0v) is 8.42. The van der Waals surface area contributed by atoms with E-state index in [0.29, 0.717) is 0 Å². The van der Waals surface area contributed by atoms with Gasteiger partial charge in [0.05, 0.1) is 0 Å². The molecule has 92 valence electrons. The Balaban J connectivity index is 3.82. The van der Waals surface area contributed by atoms with Crippen molar-refractivity contribution < 1.29 is 26.3 Å². The number of halogens is 6. The van der Waals surface area contributed by atoms with Crippen molar-refractivity contribution in [3.63, 3.8) is 0 Å². The number of alkyl halides is 3. The Bertz CT molecular complexity index is 493. The van der Waals surface area contributed by atoms with Crippen LogP contribution >= 0.6 is 0 Å². The third-order valence-electron chi connectivity index (χ3n) is 2.16. The van der Waals surface area contributed by atoms with E-state index in [1.807, 2.05) is 0 Å². The number of nitrogens with zero attached hydrogens (tertiary/aromatic N) is 1. The van der Waals surface area contributed by atoms with Crippen molar-refractivity contribution >= 4 is 0 Å². The van der Waals surface area contributed by atoms with Crippen LogP contribution in [0, 0.1) is 28.8 Å². The fraction of sp³-hybridized carbons (Fsp3) is 0.300. The molecule has 0 bridgehead atoms. The van der Waals surface area contributed by atoms with Crippen LogP contribution in [0.4, 0.5) is 26.3 Å². The third kappa shape index (κ3) is 2.07. The zero-order chi connectivity index (χ0) is 13.4. The summed E-state index contributed by atoms with van der Waals surface area (Å²) >= 11 is 0. The maximum Gasteiger partial charge on any atom is 0.420 e. The van der Waals surface area contributed by atoms with E-state index in [4.69, 9.17) is 5.26 Å². The maximum absolute atomic E-state index is 13.4. The first kappa shape index (κ1) is 13.4. The van der Waals surface area contributed by atoms with Crippen LogP contribution in [0.25, 0.3) is 0 Å². The van der Waals surface area contributed by atoms with Gasteiger partial charge in [0.25, 0.3) is 0 Å². The lowest BCUT2D eigenvalue weighted by Gasteiger charge is -2.14. The molecule has 0 saturated carbocycles. The summed E-state index contributed by atoms with van der Waals surface area (Å²) in [6, 6.07) is 0.828. The monoisotopic (exact) mass is 253 g/mol. The minimum Gasteiger partial charge on any atom is -0.206 e. The molecule has 1 aromatic carbocycles. The molecule has 0 aliphatic rings. The van der Waals surface area contributed by atoms with E-state index in [1.165, 1.54) is 6.92 Å². The third-order valence-corrected chi connectivity index (χ3v) is 2.16. The van der Waals surface area contributed by atoms with E-state index < -0.39 is 46.7 Å². The highest BCUT2D eigenvalue weighted by Gasteiger charge is 2.41. The smallest absolute Gasteiger partial charge is 0.206 e. The standard InChI is InChI=1S/C10H5F6N/c1-2-4-7(11)6(10(14,15)16)5(3-17)9(13)8(4)12/h2H2,1H3. The molecular formula is C10H5F6N. The van der Waals surface area contributed by atoms with Gasteiger partial charge in [0.15, 0.2) is 11.6 Å². The van der Waals surface area contributed by atoms with Gasteiger partial charge in [-0.25, -0.2) is 13.2 Å². The van der Waals surface area contributed by atoms with Crippen LogP contribution in [0.1, 0.15) is 23.6 Å². The summed E-state index contributed by atoms with van der Waals surface area (Å²) < 4.78 is 77.0. The summed E-state index contributed by atoms with van der Waals surface area (Å²) in [7, 11) is 0. The van der Waals surface area contributed by atoms with Crippen molar-refractivity contribution in [3.05, 3.63) is 34.1 Å². The van der Waals surface area contributed by atoms with Crippen LogP contribution < -0.4 is 0 Å². The van der Waals surface area contributed by atoms with Crippen molar-refractivity contribution in [2.24, 2.45) is 0 Å². The number of rotatable bonds is 1. The molecule has 0 aliphatic heterocycles. The van der Waals surface area contributed by atoms with Crippen molar-refractivity contribution in [1.82, 2.24) is 0 Å². The Morgan fingerprint density at radius 2 is 1.59 bits per heavy atom. The van der Waals surface area contributed by atoms with Crippen LogP contribution in [-0.4, -0.2) is 0 Å². The summed E-state index contributed by atoms with van der Waals surface area (Å²) in [4.78, 5) is 0. The maximum atomic E-state index is 13.4. The molecule has 0 radical (unpaired) electrons. The van der Waals surface area contributed by atoms with Gasteiger partial charge in [0.1, 0.15) is 23.0 Å². The largest absolute Gasteiger partial charge is 0.420 e. The fourth-order valence-corrected chi connectivity index (χ4v) is 1.39. The first-order valence-corrected chi connectivity index (χ1v) is 4.42. The lowest BCUT2D eigenvalue weighted by molar-refractivity contribution is -0.140. The van der Waals surface area contributed by atoms with E-state index in [2.05, 4.69) is 0 Å². The summed E-state index contributed by atoms with van der Waals surface area (Å²) in [6.07, 6.45) is -5.71. The highest BCUT2D eigenvalue weighted by Crippen LogP contribution is 2.37. The Morgan fingerprint density at radius 1 is 1.06 bits per heavy atom. The molecule has 0 N–H and O–H groups in total. The van der Waals surface area contributed by atoms with E-state index >= 15 is 0 Å². The van der Waals surface area contributed by atoms with Gasteiger partial charge in [-0.1, -0.05) is 6.92 Å². The Hall–Kier alpha value is -1.71. The Labute approximate surface area is 92.3 Å². The average molecular weight is 253 g/mol. The lowest BCUT2D eigenvalue weighted by Crippen LogP contribution is -2.16. The van der Waals surface area contributed by atoms with Gasteiger partial charge in [-0.15, -0.1) is 0 Å². The van der Waals surface area contributed by atoms with E-state index in [0.717, 1.165) is 6.07 Å². The first-order chi connectivity index (χ1) is 7.75. The van der Waals surface area contributed by atoms with Gasteiger partial charge in [0, 0.05) is 5.56 Å². The molecule has 0 amide bonds. The molecule has 1 aromatic rings. The van der Waals surface area contributed by atoms with E-state index in [9.17, 15) is 26.3 Å².